The fourth-order valence-corrected chi connectivity index (χ4v) is 4.06. The Morgan fingerprint density at radius 3 is 2.79 bits per heavy atom. The highest BCUT2D eigenvalue weighted by molar-refractivity contribution is 6.33. The van der Waals surface area contributed by atoms with Gasteiger partial charge in [-0.2, -0.15) is 18.2 Å². The number of aromatic nitrogens is 2. The first-order valence-electron chi connectivity index (χ1n) is 10.2. The van der Waals surface area contributed by atoms with Gasteiger partial charge in [0.25, 0.3) is 0 Å². The number of benzene rings is 2. The van der Waals surface area contributed by atoms with Crippen molar-refractivity contribution < 1.29 is 22.5 Å². The number of rotatable bonds is 5. The number of nitrogens with zero attached hydrogens (tertiary/aromatic N) is 3. The van der Waals surface area contributed by atoms with Crippen molar-refractivity contribution in [2.75, 3.05) is 18.4 Å². The van der Waals surface area contributed by atoms with Gasteiger partial charge in [0, 0.05) is 17.1 Å². The molecule has 0 aliphatic carbocycles. The predicted octanol–water partition coefficient (Wildman–Crippen LogP) is 5.91. The summed E-state index contributed by atoms with van der Waals surface area (Å²) >= 11 is 12.0. The predicted molar refractivity (Wildman–Crippen MR) is 118 cm³/mol. The van der Waals surface area contributed by atoms with Crippen LogP contribution in [0.5, 0.6) is 0 Å². The first kappa shape index (κ1) is 23.5. The minimum atomic E-state index is -4.53. The van der Waals surface area contributed by atoms with E-state index in [1.165, 1.54) is 0 Å². The van der Waals surface area contributed by atoms with Gasteiger partial charge in [-0.15, -0.1) is 0 Å². The highest BCUT2D eigenvalue weighted by Gasteiger charge is 2.32. The number of carbonyl (C=O) groups is 1. The molecule has 1 aliphatic heterocycles. The van der Waals surface area contributed by atoms with E-state index in [1.54, 1.807) is 18.2 Å². The monoisotopic (exact) mass is 498 g/mol. The Morgan fingerprint density at radius 1 is 1.21 bits per heavy atom. The van der Waals surface area contributed by atoms with E-state index in [4.69, 9.17) is 27.7 Å². The molecule has 0 bridgehead atoms. The largest absolute Gasteiger partial charge is 0.416 e. The molecule has 1 N–H and O–H groups in total. The molecule has 1 atom stereocenters. The van der Waals surface area contributed by atoms with Crippen LogP contribution < -0.4 is 5.32 Å². The molecular weight excluding hydrogens is 480 g/mol. The van der Waals surface area contributed by atoms with Crippen LogP contribution in [0.1, 0.15) is 24.3 Å². The summed E-state index contributed by atoms with van der Waals surface area (Å²) in [6, 6.07) is 9.94. The summed E-state index contributed by atoms with van der Waals surface area (Å²) < 4.78 is 44.3. The molecule has 33 heavy (non-hydrogen) atoms. The Labute approximate surface area is 197 Å². The summed E-state index contributed by atoms with van der Waals surface area (Å²) in [5.74, 6) is 0.00991. The molecule has 1 aromatic heterocycles. The first-order valence-corrected chi connectivity index (χ1v) is 10.9. The molecule has 6 nitrogen and oxygen atoms in total. The van der Waals surface area contributed by atoms with Gasteiger partial charge >= 0.3 is 6.18 Å². The zero-order chi connectivity index (χ0) is 23.6. The van der Waals surface area contributed by atoms with Crippen LogP contribution in [-0.2, 0) is 17.5 Å². The summed E-state index contributed by atoms with van der Waals surface area (Å²) in [6.45, 7) is 1.47. The molecule has 1 fully saturated rings. The molecule has 11 heteroatoms. The van der Waals surface area contributed by atoms with Crippen LogP contribution in [0.15, 0.2) is 47.0 Å². The number of amides is 1. The second kappa shape index (κ2) is 9.70. The number of halogens is 5. The molecule has 2 heterocycles. The number of anilines is 1. The summed E-state index contributed by atoms with van der Waals surface area (Å²) in [5.41, 5.74) is -0.206. The molecule has 1 amide bonds. The van der Waals surface area contributed by atoms with Crippen molar-refractivity contribution in [1.82, 2.24) is 15.0 Å². The Bertz CT molecular complexity index is 1150. The molecule has 0 radical (unpaired) electrons. The molecule has 4 rings (SSSR count). The van der Waals surface area contributed by atoms with Gasteiger partial charge in [0.1, 0.15) is 0 Å². The Kier molecular flexibility index (Phi) is 6.92. The number of likely N-dealkylation sites (tertiary alicyclic amines) is 1. The zero-order valence-corrected chi connectivity index (χ0v) is 18.7. The topological polar surface area (TPSA) is 71.3 Å². The number of hydrogen-bond donors (Lipinski definition) is 1. The van der Waals surface area contributed by atoms with Gasteiger partial charge in [-0.1, -0.05) is 40.5 Å². The van der Waals surface area contributed by atoms with E-state index < -0.39 is 17.7 Å². The lowest BCUT2D eigenvalue weighted by atomic mass is 9.97. The molecule has 1 saturated heterocycles. The van der Waals surface area contributed by atoms with Gasteiger partial charge in [0.2, 0.25) is 17.6 Å². The molecule has 1 unspecified atom stereocenters. The fourth-order valence-electron chi connectivity index (χ4n) is 3.70. The van der Waals surface area contributed by atoms with Crippen LogP contribution in [0.4, 0.5) is 18.9 Å². The van der Waals surface area contributed by atoms with Crippen molar-refractivity contribution in [3.05, 3.63) is 64.0 Å². The van der Waals surface area contributed by atoms with Crippen molar-refractivity contribution >= 4 is 34.8 Å². The molecule has 174 valence electrons. The van der Waals surface area contributed by atoms with E-state index in [-0.39, 0.29) is 16.6 Å². The number of alkyl halides is 3. The quantitative estimate of drug-likeness (QED) is 0.473. The summed E-state index contributed by atoms with van der Waals surface area (Å²) in [5, 5.41) is 7.13. The maximum Gasteiger partial charge on any atom is 0.416 e. The van der Waals surface area contributed by atoms with Crippen LogP contribution in [0.2, 0.25) is 10.0 Å². The third kappa shape index (κ3) is 5.85. The summed E-state index contributed by atoms with van der Waals surface area (Å²) in [7, 11) is 0. The Morgan fingerprint density at radius 2 is 2.03 bits per heavy atom. The lowest BCUT2D eigenvalue weighted by molar-refractivity contribution is -0.137. The van der Waals surface area contributed by atoms with Gasteiger partial charge in [0.05, 0.1) is 28.7 Å². The smallest absolute Gasteiger partial charge is 0.338 e. The van der Waals surface area contributed by atoms with Crippen LogP contribution >= 0.6 is 23.2 Å². The van der Waals surface area contributed by atoms with Crippen LogP contribution in [0, 0.1) is 5.92 Å². The third-order valence-electron chi connectivity index (χ3n) is 5.34. The molecule has 2 aromatic carbocycles. The van der Waals surface area contributed by atoms with Crippen molar-refractivity contribution in [1.29, 1.82) is 0 Å². The van der Waals surface area contributed by atoms with E-state index in [0.717, 1.165) is 36.7 Å². The molecule has 0 saturated carbocycles. The van der Waals surface area contributed by atoms with Gasteiger partial charge in [-0.3, -0.25) is 9.69 Å². The maximum atomic E-state index is 13.0. The van der Waals surface area contributed by atoms with Gasteiger partial charge < -0.3 is 9.84 Å². The van der Waals surface area contributed by atoms with Gasteiger partial charge in [-0.05, 0) is 49.7 Å². The standard InChI is InChI=1S/C22H19Cl2F3N4O2/c23-16-5-1-3-13(9-16)20-29-19(33-30-20)12-31-8-2-4-14(11-31)21(32)28-18-10-15(22(25,26)27)6-7-17(18)24/h1,3,5-7,9-10,14H,2,4,8,11-12H2,(H,28,32). The Hall–Kier alpha value is -2.62. The van der Waals surface area contributed by atoms with E-state index in [9.17, 15) is 18.0 Å². The van der Waals surface area contributed by atoms with Crippen LogP contribution in [-0.4, -0.2) is 34.0 Å². The molecule has 1 aliphatic rings. The van der Waals surface area contributed by atoms with Crippen LogP contribution in [0.25, 0.3) is 11.4 Å². The van der Waals surface area contributed by atoms with Crippen molar-refractivity contribution in [3.8, 4) is 11.4 Å². The van der Waals surface area contributed by atoms with E-state index in [2.05, 4.69) is 15.5 Å². The molecule has 0 spiro atoms. The highest BCUT2D eigenvalue weighted by Crippen LogP contribution is 2.34. The van der Waals surface area contributed by atoms with Crippen molar-refractivity contribution in [2.24, 2.45) is 5.92 Å². The third-order valence-corrected chi connectivity index (χ3v) is 5.90. The number of carbonyl (C=O) groups excluding carboxylic acids is 1. The maximum absolute atomic E-state index is 13.0. The molecular formula is C22H19Cl2F3N4O2. The van der Waals surface area contributed by atoms with E-state index in [0.29, 0.717) is 36.2 Å². The lowest BCUT2D eigenvalue weighted by Gasteiger charge is -2.31. The number of nitrogens with one attached hydrogen (secondary N) is 1. The average molecular weight is 499 g/mol. The van der Waals surface area contributed by atoms with Crippen LogP contribution in [0.3, 0.4) is 0 Å². The van der Waals surface area contributed by atoms with Gasteiger partial charge in [-0.25, -0.2) is 0 Å². The SMILES string of the molecule is O=C(Nc1cc(C(F)(F)F)ccc1Cl)C1CCCN(Cc2nc(-c3cccc(Cl)c3)no2)C1. The fraction of sp³-hybridized carbons (Fsp3) is 0.318. The molecule has 3 aromatic rings. The highest BCUT2D eigenvalue weighted by atomic mass is 35.5. The average Bonchev–Trinajstić information content (AvgIpc) is 3.23. The number of piperidine rings is 1. The number of hydrogen-bond acceptors (Lipinski definition) is 5. The first-order chi connectivity index (χ1) is 15.7. The minimum absolute atomic E-state index is 0.0448. The summed E-state index contributed by atoms with van der Waals surface area (Å²) in [4.78, 5) is 19.1. The summed E-state index contributed by atoms with van der Waals surface area (Å²) in [6.07, 6.45) is -3.18. The second-order valence-corrected chi connectivity index (χ2v) is 8.62. The Balaban J connectivity index is 1.39. The minimum Gasteiger partial charge on any atom is -0.338 e. The van der Waals surface area contributed by atoms with E-state index in [1.807, 2.05) is 11.0 Å². The normalized spacial score (nSPS) is 17.2. The van der Waals surface area contributed by atoms with Gasteiger partial charge in [0.15, 0.2) is 0 Å². The van der Waals surface area contributed by atoms with Crippen molar-refractivity contribution in [2.45, 2.75) is 25.6 Å². The second-order valence-electron chi connectivity index (χ2n) is 7.78. The van der Waals surface area contributed by atoms with Crippen molar-refractivity contribution in [3.63, 3.8) is 0 Å². The van der Waals surface area contributed by atoms with E-state index >= 15 is 0 Å². The zero-order valence-electron chi connectivity index (χ0n) is 17.2. The lowest BCUT2D eigenvalue weighted by Crippen LogP contribution is -2.40.